The summed E-state index contributed by atoms with van der Waals surface area (Å²) in [5.74, 6) is -1.36. The van der Waals surface area contributed by atoms with Gasteiger partial charge in [-0.3, -0.25) is 9.59 Å². The molecule has 1 aromatic heterocycles. The van der Waals surface area contributed by atoms with Crippen LogP contribution in [0.25, 0.3) is 5.69 Å². The first kappa shape index (κ1) is 15.4. The van der Waals surface area contributed by atoms with Crippen molar-refractivity contribution in [3.63, 3.8) is 0 Å². The molecular formula is C17H13FN4O2. The number of carbonyl (C=O) groups is 2. The second-order valence-electron chi connectivity index (χ2n) is 5.02. The maximum Gasteiger partial charge on any atom is 0.276 e. The lowest BCUT2D eigenvalue weighted by Crippen LogP contribution is -2.15. The first-order valence-electron chi connectivity index (χ1n) is 7.06. The van der Waals surface area contributed by atoms with Crippen molar-refractivity contribution in [1.29, 1.82) is 0 Å². The van der Waals surface area contributed by atoms with Crippen LogP contribution in [-0.2, 0) is 0 Å². The van der Waals surface area contributed by atoms with Gasteiger partial charge in [-0.15, -0.1) is 0 Å². The van der Waals surface area contributed by atoms with Crippen LogP contribution in [0.5, 0.6) is 0 Å². The van der Waals surface area contributed by atoms with E-state index in [0.717, 1.165) is 0 Å². The predicted molar refractivity (Wildman–Crippen MR) is 86.4 cm³/mol. The monoisotopic (exact) mass is 324 g/mol. The maximum absolute atomic E-state index is 12.9. The van der Waals surface area contributed by atoms with E-state index in [9.17, 15) is 14.0 Å². The van der Waals surface area contributed by atoms with Gasteiger partial charge in [0.05, 0.1) is 5.69 Å². The number of aromatic nitrogens is 2. The summed E-state index contributed by atoms with van der Waals surface area (Å²) in [6, 6.07) is 13.6. The van der Waals surface area contributed by atoms with Crippen molar-refractivity contribution >= 4 is 17.5 Å². The average Bonchev–Trinajstić information content (AvgIpc) is 3.06. The van der Waals surface area contributed by atoms with Crippen LogP contribution in [0.3, 0.4) is 0 Å². The van der Waals surface area contributed by atoms with Crippen LogP contribution >= 0.6 is 0 Å². The van der Waals surface area contributed by atoms with Gasteiger partial charge in [0.25, 0.3) is 5.91 Å². The molecule has 0 aliphatic carbocycles. The Morgan fingerprint density at radius 2 is 1.83 bits per heavy atom. The van der Waals surface area contributed by atoms with Gasteiger partial charge in [-0.25, -0.2) is 9.07 Å². The number of halogens is 1. The number of nitrogens with two attached hydrogens (primary N) is 1. The van der Waals surface area contributed by atoms with Crippen LogP contribution < -0.4 is 11.1 Å². The van der Waals surface area contributed by atoms with Gasteiger partial charge < -0.3 is 11.1 Å². The number of anilines is 1. The number of rotatable bonds is 4. The third-order valence-corrected chi connectivity index (χ3v) is 3.32. The zero-order valence-electron chi connectivity index (χ0n) is 12.4. The number of amides is 2. The number of primary amides is 1. The molecule has 1 heterocycles. The topological polar surface area (TPSA) is 90.0 Å². The van der Waals surface area contributed by atoms with Gasteiger partial charge in [0, 0.05) is 17.4 Å². The fraction of sp³-hybridized carbons (Fsp3) is 0. The Hall–Kier alpha value is -3.48. The second-order valence-corrected chi connectivity index (χ2v) is 5.02. The van der Waals surface area contributed by atoms with Gasteiger partial charge in [0.15, 0.2) is 5.69 Å². The van der Waals surface area contributed by atoms with Gasteiger partial charge in [-0.1, -0.05) is 6.07 Å². The average molecular weight is 324 g/mol. The Kier molecular flexibility index (Phi) is 4.07. The van der Waals surface area contributed by atoms with Gasteiger partial charge in [0.1, 0.15) is 5.82 Å². The first-order valence-corrected chi connectivity index (χ1v) is 7.06. The SMILES string of the molecule is NC(=O)c1cccc(NC(=O)c2ccn(-c3ccc(F)cc3)n2)c1. The molecule has 0 unspecified atom stereocenters. The van der Waals surface area contributed by atoms with E-state index in [2.05, 4.69) is 10.4 Å². The highest BCUT2D eigenvalue weighted by molar-refractivity contribution is 6.03. The van der Waals surface area contributed by atoms with E-state index in [4.69, 9.17) is 5.73 Å². The summed E-state index contributed by atoms with van der Waals surface area (Å²) in [5.41, 5.74) is 6.76. The van der Waals surface area contributed by atoms with Crippen molar-refractivity contribution in [1.82, 2.24) is 9.78 Å². The van der Waals surface area contributed by atoms with Gasteiger partial charge in [0.2, 0.25) is 5.91 Å². The zero-order valence-corrected chi connectivity index (χ0v) is 12.4. The fourth-order valence-corrected chi connectivity index (χ4v) is 2.13. The largest absolute Gasteiger partial charge is 0.366 e. The Morgan fingerprint density at radius 1 is 1.08 bits per heavy atom. The Labute approximate surface area is 136 Å². The number of nitrogens with one attached hydrogen (secondary N) is 1. The summed E-state index contributed by atoms with van der Waals surface area (Å²) in [4.78, 5) is 23.4. The molecule has 0 fully saturated rings. The van der Waals surface area contributed by atoms with E-state index >= 15 is 0 Å². The van der Waals surface area contributed by atoms with Crippen LogP contribution in [0.4, 0.5) is 10.1 Å². The van der Waals surface area contributed by atoms with Crippen molar-refractivity contribution in [2.45, 2.75) is 0 Å². The quantitative estimate of drug-likeness (QED) is 0.772. The van der Waals surface area contributed by atoms with Crippen LogP contribution in [-0.4, -0.2) is 21.6 Å². The molecule has 3 rings (SSSR count). The van der Waals surface area contributed by atoms with E-state index < -0.39 is 11.8 Å². The van der Waals surface area contributed by atoms with Crippen LogP contribution in [0, 0.1) is 5.82 Å². The normalized spacial score (nSPS) is 10.4. The van der Waals surface area contributed by atoms with Gasteiger partial charge in [-0.05, 0) is 48.5 Å². The molecule has 0 spiro atoms. The lowest BCUT2D eigenvalue weighted by molar-refractivity contribution is 0.0995. The number of nitrogens with zero attached hydrogens (tertiary/aromatic N) is 2. The van der Waals surface area contributed by atoms with Crippen molar-refractivity contribution in [2.24, 2.45) is 5.73 Å². The van der Waals surface area contributed by atoms with Crippen LogP contribution in [0.15, 0.2) is 60.8 Å². The van der Waals surface area contributed by atoms with E-state index in [1.54, 1.807) is 36.5 Å². The second kappa shape index (κ2) is 6.33. The smallest absolute Gasteiger partial charge is 0.276 e. The number of hydrogen-bond donors (Lipinski definition) is 2. The third-order valence-electron chi connectivity index (χ3n) is 3.32. The predicted octanol–water partition coefficient (Wildman–Crippen LogP) is 2.36. The summed E-state index contributed by atoms with van der Waals surface area (Å²) in [6.07, 6.45) is 1.60. The Bertz CT molecular complexity index is 903. The van der Waals surface area contributed by atoms with Crippen molar-refractivity contribution in [2.75, 3.05) is 5.32 Å². The molecule has 24 heavy (non-hydrogen) atoms. The number of benzene rings is 2. The lowest BCUT2D eigenvalue weighted by atomic mass is 10.2. The molecule has 0 aliphatic heterocycles. The summed E-state index contributed by atoms with van der Waals surface area (Å²) < 4.78 is 14.4. The van der Waals surface area contributed by atoms with E-state index in [0.29, 0.717) is 16.9 Å². The minimum atomic E-state index is -0.577. The zero-order chi connectivity index (χ0) is 17.1. The van der Waals surface area contributed by atoms with E-state index in [1.165, 1.54) is 28.9 Å². The molecule has 0 aliphatic rings. The third kappa shape index (κ3) is 3.30. The fourth-order valence-electron chi connectivity index (χ4n) is 2.13. The Morgan fingerprint density at radius 3 is 2.54 bits per heavy atom. The molecule has 0 radical (unpaired) electrons. The minimum absolute atomic E-state index is 0.184. The van der Waals surface area contributed by atoms with Gasteiger partial charge in [-0.2, -0.15) is 5.10 Å². The van der Waals surface area contributed by atoms with Crippen molar-refractivity contribution < 1.29 is 14.0 Å². The Balaban J connectivity index is 1.77. The molecule has 3 N–H and O–H groups in total. The maximum atomic E-state index is 12.9. The summed E-state index contributed by atoms with van der Waals surface area (Å²) in [5, 5.41) is 6.80. The van der Waals surface area contributed by atoms with E-state index in [1.807, 2.05) is 0 Å². The number of hydrogen-bond acceptors (Lipinski definition) is 3. The molecule has 0 atom stereocenters. The van der Waals surface area contributed by atoms with Crippen LogP contribution in [0.2, 0.25) is 0 Å². The molecule has 0 bridgehead atoms. The summed E-state index contributed by atoms with van der Waals surface area (Å²) in [6.45, 7) is 0. The molecule has 0 saturated carbocycles. The highest BCUT2D eigenvalue weighted by Crippen LogP contribution is 2.13. The molecule has 7 heteroatoms. The van der Waals surface area contributed by atoms with Crippen molar-refractivity contribution in [3.8, 4) is 5.69 Å². The van der Waals surface area contributed by atoms with Crippen molar-refractivity contribution in [3.05, 3.63) is 77.9 Å². The molecule has 0 saturated heterocycles. The molecular weight excluding hydrogens is 311 g/mol. The van der Waals surface area contributed by atoms with Gasteiger partial charge >= 0.3 is 0 Å². The highest BCUT2D eigenvalue weighted by Gasteiger charge is 2.11. The molecule has 3 aromatic rings. The first-order chi connectivity index (χ1) is 11.5. The molecule has 6 nitrogen and oxygen atoms in total. The molecule has 120 valence electrons. The molecule has 2 amide bonds. The highest BCUT2D eigenvalue weighted by atomic mass is 19.1. The molecule has 2 aromatic carbocycles. The summed E-state index contributed by atoms with van der Waals surface area (Å²) in [7, 11) is 0. The van der Waals surface area contributed by atoms with E-state index in [-0.39, 0.29) is 11.5 Å². The lowest BCUT2D eigenvalue weighted by Gasteiger charge is -2.04. The minimum Gasteiger partial charge on any atom is -0.366 e. The summed E-state index contributed by atoms with van der Waals surface area (Å²) >= 11 is 0. The number of carbonyl (C=O) groups excluding carboxylic acids is 2. The van der Waals surface area contributed by atoms with Crippen LogP contribution in [0.1, 0.15) is 20.8 Å². The standard InChI is InChI=1S/C17H13FN4O2/c18-12-4-6-14(7-5-12)22-9-8-15(21-22)17(24)20-13-3-1-2-11(10-13)16(19)23/h1-10H,(H2,19,23)(H,20,24).